The Balaban J connectivity index is 2.00. The number of esters is 2. The predicted molar refractivity (Wildman–Crippen MR) is 98.8 cm³/mol. The van der Waals surface area contributed by atoms with E-state index in [4.69, 9.17) is 14.2 Å². The lowest BCUT2D eigenvalue weighted by Crippen LogP contribution is -2.48. The first kappa shape index (κ1) is 18.5. The number of carbonyl (C=O) groups excluding carboxylic acids is 2. The van der Waals surface area contributed by atoms with E-state index in [-0.39, 0.29) is 0 Å². The lowest BCUT2D eigenvalue weighted by Gasteiger charge is -2.34. The molecule has 5 heteroatoms. The van der Waals surface area contributed by atoms with E-state index in [9.17, 15) is 9.59 Å². The maximum Gasteiger partial charge on any atom is 0.325 e. The van der Waals surface area contributed by atoms with Gasteiger partial charge in [-0.15, -0.1) is 0 Å². The highest BCUT2D eigenvalue weighted by atomic mass is 16.7. The van der Waals surface area contributed by atoms with Gasteiger partial charge in [-0.25, -0.2) is 0 Å². The van der Waals surface area contributed by atoms with Gasteiger partial charge < -0.3 is 14.2 Å². The molecule has 0 amide bonds. The molecule has 1 saturated heterocycles. The molecule has 0 radical (unpaired) electrons. The van der Waals surface area contributed by atoms with Gasteiger partial charge in [-0.2, -0.15) is 0 Å². The third-order valence-corrected chi connectivity index (χ3v) is 4.15. The molecule has 0 N–H and O–H groups in total. The second kappa shape index (κ2) is 7.55. The van der Waals surface area contributed by atoms with Gasteiger partial charge in [0.1, 0.15) is 5.75 Å². The summed E-state index contributed by atoms with van der Waals surface area (Å²) in [5, 5.41) is 0. The largest absolute Gasteiger partial charge is 0.497 e. The zero-order valence-corrected chi connectivity index (χ0v) is 15.4. The molecule has 1 atom stereocenters. The molecule has 2 aromatic rings. The Bertz CT molecular complexity index is 868. The summed E-state index contributed by atoms with van der Waals surface area (Å²) in [4.78, 5) is 25.1. The first-order chi connectivity index (χ1) is 12.9. The van der Waals surface area contributed by atoms with E-state index in [0.717, 1.165) is 5.56 Å². The summed E-state index contributed by atoms with van der Waals surface area (Å²) in [6, 6.07) is 16.4. The van der Waals surface area contributed by atoms with Gasteiger partial charge in [-0.3, -0.25) is 9.59 Å². The highest BCUT2D eigenvalue weighted by Crippen LogP contribution is 2.34. The third-order valence-electron chi connectivity index (χ3n) is 4.15. The topological polar surface area (TPSA) is 61.8 Å². The number of hydrogen-bond donors (Lipinski definition) is 0. The van der Waals surface area contributed by atoms with Gasteiger partial charge in [0.2, 0.25) is 0 Å². The molecule has 5 nitrogen and oxygen atoms in total. The van der Waals surface area contributed by atoms with Crippen LogP contribution in [0.5, 0.6) is 5.75 Å². The molecule has 1 aliphatic rings. The quantitative estimate of drug-likeness (QED) is 0.475. The van der Waals surface area contributed by atoms with Gasteiger partial charge >= 0.3 is 11.9 Å². The molecular weight excluding hydrogens is 344 g/mol. The van der Waals surface area contributed by atoms with Crippen LogP contribution in [0, 0.1) is 17.8 Å². The van der Waals surface area contributed by atoms with Crippen LogP contribution in [0.15, 0.2) is 54.6 Å². The molecule has 138 valence electrons. The monoisotopic (exact) mass is 364 g/mol. The molecule has 1 fully saturated rings. The molecule has 27 heavy (non-hydrogen) atoms. The Morgan fingerprint density at radius 1 is 0.963 bits per heavy atom. The summed E-state index contributed by atoms with van der Waals surface area (Å²) >= 11 is 0. The van der Waals surface area contributed by atoms with Crippen LogP contribution in [0.3, 0.4) is 0 Å². The van der Waals surface area contributed by atoms with Gasteiger partial charge in [0.25, 0.3) is 5.79 Å². The summed E-state index contributed by atoms with van der Waals surface area (Å²) in [5.41, 5.74) is 1.49. The van der Waals surface area contributed by atoms with Crippen molar-refractivity contribution >= 4 is 11.9 Å². The minimum atomic E-state index is -1.28. The Morgan fingerprint density at radius 3 is 2.11 bits per heavy atom. The van der Waals surface area contributed by atoms with Crippen LogP contribution in [0.4, 0.5) is 0 Å². The maximum absolute atomic E-state index is 12.6. The lowest BCUT2D eigenvalue weighted by atomic mass is 9.85. The summed E-state index contributed by atoms with van der Waals surface area (Å²) < 4.78 is 15.7. The lowest BCUT2D eigenvalue weighted by molar-refractivity contribution is -0.240. The highest BCUT2D eigenvalue weighted by molar-refractivity contribution is 5.98. The van der Waals surface area contributed by atoms with Crippen molar-refractivity contribution in [3.8, 4) is 17.6 Å². The van der Waals surface area contributed by atoms with E-state index < -0.39 is 29.6 Å². The Hall–Kier alpha value is -3.26. The average molecular weight is 364 g/mol. The van der Waals surface area contributed by atoms with Crippen molar-refractivity contribution in [3.63, 3.8) is 0 Å². The van der Waals surface area contributed by atoms with E-state index in [2.05, 4.69) is 11.8 Å². The molecule has 0 aromatic heterocycles. The molecule has 0 aliphatic carbocycles. The average Bonchev–Trinajstić information content (AvgIpc) is 2.64. The van der Waals surface area contributed by atoms with Crippen molar-refractivity contribution < 1.29 is 23.8 Å². The SMILES string of the molecule is COc1ccc(C(C#Cc2ccccc2)C2C(=O)OC(C)(C)OC2=O)cc1. The van der Waals surface area contributed by atoms with Gasteiger partial charge in [-0.1, -0.05) is 42.2 Å². The molecule has 0 saturated carbocycles. The first-order valence-electron chi connectivity index (χ1n) is 8.56. The van der Waals surface area contributed by atoms with Crippen molar-refractivity contribution in [1.29, 1.82) is 0 Å². The van der Waals surface area contributed by atoms with Crippen LogP contribution < -0.4 is 4.74 Å². The van der Waals surface area contributed by atoms with Gasteiger partial charge in [0.15, 0.2) is 5.92 Å². The molecule has 0 spiro atoms. The van der Waals surface area contributed by atoms with E-state index in [0.29, 0.717) is 11.3 Å². The van der Waals surface area contributed by atoms with Crippen molar-refractivity contribution in [2.75, 3.05) is 7.11 Å². The summed E-state index contributed by atoms with van der Waals surface area (Å²) in [7, 11) is 1.57. The Kier molecular flexibility index (Phi) is 5.18. The maximum atomic E-state index is 12.6. The van der Waals surface area contributed by atoms with Gasteiger partial charge in [0.05, 0.1) is 13.0 Å². The smallest absolute Gasteiger partial charge is 0.325 e. The van der Waals surface area contributed by atoms with Crippen molar-refractivity contribution in [2.24, 2.45) is 5.92 Å². The second-order valence-corrected chi connectivity index (χ2v) is 6.61. The number of carbonyl (C=O) groups is 2. The van der Waals surface area contributed by atoms with Crippen LogP contribution >= 0.6 is 0 Å². The summed E-state index contributed by atoms with van der Waals surface area (Å²) in [6.45, 7) is 3.05. The minimum Gasteiger partial charge on any atom is -0.497 e. The van der Waals surface area contributed by atoms with Crippen molar-refractivity contribution in [3.05, 3.63) is 65.7 Å². The minimum absolute atomic E-state index is 0.639. The Labute approximate surface area is 158 Å². The van der Waals surface area contributed by atoms with Crippen molar-refractivity contribution in [2.45, 2.75) is 25.6 Å². The number of benzene rings is 2. The first-order valence-corrected chi connectivity index (χ1v) is 8.56. The molecular formula is C22H20O5. The van der Waals surface area contributed by atoms with E-state index in [1.54, 1.807) is 31.4 Å². The summed E-state index contributed by atoms with van der Waals surface area (Å²) in [5.74, 6) is 2.35. The van der Waals surface area contributed by atoms with E-state index in [1.807, 2.05) is 30.3 Å². The number of cyclic esters (lactones) is 2. The highest BCUT2D eigenvalue weighted by Gasteiger charge is 2.47. The molecule has 3 rings (SSSR count). The van der Waals surface area contributed by atoms with Crippen LogP contribution in [0.1, 0.15) is 30.9 Å². The number of hydrogen-bond acceptors (Lipinski definition) is 5. The zero-order valence-electron chi connectivity index (χ0n) is 15.4. The summed E-state index contributed by atoms with van der Waals surface area (Å²) in [6.07, 6.45) is 0. The molecule has 1 aliphatic heterocycles. The third kappa shape index (κ3) is 4.29. The standard InChI is InChI=1S/C22H20O5/c1-22(2)26-20(23)19(21(24)27-22)18(14-9-15-7-5-4-6-8-15)16-10-12-17(25-3)13-11-16/h4-8,10-13,18-19H,1-3H3. The molecule has 0 bridgehead atoms. The second-order valence-electron chi connectivity index (χ2n) is 6.61. The number of ether oxygens (including phenoxy) is 3. The Morgan fingerprint density at radius 2 is 1.56 bits per heavy atom. The zero-order chi connectivity index (χ0) is 19.4. The van der Waals surface area contributed by atoms with Crippen molar-refractivity contribution in [1.82, 2.24) is 0 Å². The fourth-order valence-electron chi connectivity index (χ4n) is 2.85. The molecule has 1 unspecified atom stereocenters. The molecule has 2 aromatic carbocycles. The van der Waals surface area contributed by atoms with Crippen LogP contribution in [-0.4, -0.2) is 24.8 Å². The number of rotatable bonds is 3. The normalized spacial score (nSPS) is 17.1. The van der Waals surface area contributed by atoms with Crippen LogP contribution in [0.25, 0.3) is 0 Å². The number of methoxy groups -OCH3 is 1. The van der Waals surface area contributed by atoms with E-state index >= 15 is 0 Å². The van der Waals surface area contributed by atoms with Crippen LogP contribution in [0.2, 0.25) is 0 Å². The predicted octanol–water partition coefficient (Wildman–Crippen LogP) is 3.28. The fraction of sp³-hybridized carbons (Fsp3) is 0.273. The van der Waals surface area contributed by atoms with Gasteiger partial charge in [0, 0.05) is 19.4 Å². The van der Waals surface area contributed by atoms with Crippen LogP contribution in [-0.2, 0) is 19.1 Å². The van der Waals surface area contributed by atoms with E-state index in [1.165, 1.54) is 13.8 Å². The fourth-order valence-corrected chi connectivity index (χ4v) is 2.85. The molecule has 1 heterocycles. The van der Waals surface area contributed by atoms with Gasteiger partial charge in [-0.05, 0) is 29.8 Å².